The van der Waals surface area contributed by atoms with Crippen LogP contribution in [0.2, 0.25) is 0 Å². The molecule has 0 aromatic heterocycles. The molecule has 17 heteroatoms. The van der Waals surface area contributed by atoms with Gasteiger partial charge in [-0.3, -0.25) is 28.8 Å². The van der Waals surface area contributed by atoms with E-state index in [1.165, 1.54) is 4.90 Å². The number of rotatable bonds is 15. The summed E-state index contributed by atoms with van der Waals surface area (Å²) in [5, 5.41) is 15.7. The van der Waals surface area contributed by atoms with Crippen LogP contribution in [-0.2, 0) is 38.2 Å². The van der Waals surface area contributed by atoms with E-state index in [0.717, 1.165) is 39.9 Å². The van der Waals surface area contributed by atoms with E-state index in [9.17, 15) is 38.4 Å². The Labute approximate surface area is 311 Å². The monoisotopic (exact) mass is 749 g/mol. The van der Waals surface area contributed by atoms with Crippen LogP contribution in [-0.4, -0.2) is 116 Å². The molecule has 1 aliphatic heterocycles. The van der Waals surface area contributed by atoms with Crippen molar-refractivity contribution in [3.8, 4) is 0 Å². The van der Waals surface area contributed by atoms with E-state index in [2.05, 4.69) is 41.4 Å². The van der Waals surface area contributed by atoms with Gasteiger partial charge in [-0.1, -0.05) is 61.3 Å². The van der Waals surface area contributed by atoms with Crippen molar-refractivity contribution in [3.63, 3.8) is 0 Å². The van der Waals surface area contributed by atoms with Gasteiger partial charge >= 0.3 is 12.2 Å². The Kier molecular flexibility index (Phi) is 14.6. The summed E-state index contributed by atoms with van der Waals surface area (Å²) in [6.45, 7) is 12.2. The number of Topliss-reactive ketones (excluding diaryl/α,β-unsaturated/α-hetero) is 1. The Balaban J connectivity index is 1.86. The van der Waals surface area contributed by atoms with E-state index < -0.39 is 88.5 Å². The second-order valence-electron chi connectivity index (χ2n) is 16.4. The smallest absolute Gasteiger partial charge is 0.407 e. The molecule has 17 nitrogen and oxygen atoms in total. The van der Waals surface area contributed by atoms with Crippen LogP contribution >= 0.6 is 0 Å². The van der Waals surface area contributed by atoms with Gasteiger partial charge in [0, 0.05) is 12.6 Å². The topological polar surface area (TPSA) is 230 Å². The summed E-state index contributed by atoms with van der Waals surface area (Å²) in [7, 11) is 2.24. The molecule has 2 aliphatic carbocycles. The van der Waals surface area contributed by atoms with Crippen molar-refractivity contribution in [2.75, 3.05) is 27.3 Å². The highest BCUT2D eigenvalue weighted by Crippen LogP contribution is 2.43. The van der Waals surface area contributed by atoms with Crippen molar-refractivity contribution in [2.24, 2.45) is 22.7 Å². The summed E-state index contributed by atoms with van der Waals surface area (Å²) >= 11 is 0. The molecule has 6 N–H and O–H groups in total. The second kappa shape index (κ2) is 18.1. The van der Waals surface area contributed by atoms with Crippen molar-refractivity contribution in [1.82, 2.24) is 36.8 Å². The van der Waals surface area contributed by atoms with Crippen LogP contribution in [0.1, 0.15) is 93.4 Å². The minimum atomic E-state index is -1.36. The highest BCUT2D eigenvalue weighted by molar-refractivity contribution is 6.38. The average molecular weight is 750 g/mol. The number of fused-ring (bicyclic) bond motifs is 1. The zero-order chi connectivity index (χ0) is 39.8. The van der Waals surface area contributed by atoms with Crippen LogP contribution in [0.15, 0.2) is 0 Å². The van der Waals surface area contributed by atoms with Gasteiger partial charge in [0.25, 0.3) is 5.91 Å². The zero-order valence-electron chi connectivity index (χ0n) is 32.5. The minimum Gasteiger partial charge on any atom is -0.453 e. The first-order valence-corrected chi connectivity index (χ1v) is 18.5. The fourth-order valence-electron chi connectivity index (χ4n) is 6.95. The number of ketones is 1. The van der Waals surface area contributed by atoms with Gasteiger partial charge in [-0.2, -0.15) is 0 Å². The first-order chi connectivity index (χ1) is 24.7. The van der Waals surface area contributed by atoms with Gasteiger partial charge in [0.1, 0.15) is 24.2 Å². The van der Waals surface area contributed by atoms with Crippen molar-refractivity contribution in [1.29, 1.82) is 0 Å². The lowest BCUT2D eigenvalue weighted by Gasteiger charge is -2.39. The molecule has 298 valence electrons. The zero-order valence-corrected chi connectivity index (χ0v) is 32.5. The predicted molar refractivity (Wildman–Crippen MR) is 192 cm³/mol. The summed E-state index contributed by atoms with van der Waals surface area (Å²) < 4.78 is 9.17. The minimum absolute atomic E-state index is 0.0242. The molecular formula is C36H59N7O10. The lowest BCUT2D eigenvalue weighted by Crippen LogP contribution is -2.64. The van der Waals surface area contributed by atoms with E-state index in [1.54, 1.807) is 41.5 Å². The van der Waals surface area contributed by atoms with E-state index in [0.29, 0.717) is 12.8 Å². The Morgan fingerprint density at radius 3 is 1.89 bits per heavy atom. The third-order valence-electron chi connectivity index (χ3n) is 10.0. The maximum absolute atomic E-state index is 14.6. The van der Waals surface area contributed by atoms with E-state index in [4.69, 9.17) is 0 Å². The second-order valence-corrected chi connectivity index (χ2v) is 16.4. The van der Waals surface area contributed by atoms with E-state index in [1.807, 2.05) is 6.92 Å². The van der Waals surface area contributed by atoms with E-state index >= 15 is 0 Å². The van der Waals surface area contributed by atoms with E-state index in [-0.39, 0.29) is 37.4 Å². The lowest BCUT2D eigenvalue weighted by molar-refractivity contribution is -0.146. The maximum Gasteiger partial charge on any atom is 0.407 e. The number of carbonyl (C=O) groups is 8. The first-order valence-electron chi connectivity index (χ1n) is 18.5. The fourth-order valence-corrected chi connectivity index (χ4v) is 6.95. The molecular weight excluding hydrogens is 690 g/mol. The van der Waals surface area contributed by atoms with Crippen LogP contribution < -0.4 is 31.9 Å². The molecule has 0 aromatic carbocycles. The fraction of sp³-hybridized carbons (Fsp3) is 0.778. The number of amides is 7. The third-order valence-corrected chi connectivity index (χ3v) is 10.0. The van der Waals surface area contributed by atoms with Crippen LogP contribution in [0.25, 0.3) is 0 Å². The van der Waals surface area contributed by atoms with Gasteiger partial charge in [-0.25, -0.2) is 9.59 Å². The normalized spacial score (nSPS) is 21.8. The number of likely N-dealkylation sites (tertiary alicyclic amines) is 1. The van der Waals surface area contributed by atoms with Crippen molar-refractivity contribution >= 4 is 47.5 Å². The van der Waals surface area contributed by atoms with Gasteiger partial charge in [0.05, 0.1) is 26.8 Å². The first kappa shape index (κ1) is 43.0. The number of nitrogens with one attached hydrogen (secondary N) is 6. The molecule has 7 amide bonds. The van der Waals surface area contributed by atoms with Gasteiger partial charge < -0.3 is 46.3 Å². The Morgan fingerprint density at radius 2 is 1.34 bits per heavy atom. The van der Waals surface area contributed by atoms with Gasteiger partial charge in [0.2, 0.25) is 29.4 Å². The molecule has 1 saturated heterocycles. The van der Waals surface area contributed by atoms with Crippen LogP contribution in [0, 0.1) is 22.7 Å². The Bertz CT molecular complexity index is 1400. The molecule has 53 heavy (non-hydrogen) atoms. The number of nitrogens with zero attached hydrogens (tertiary/aromatic N) is 1. The highest BCUT2D eigenvalue weighted by Gasteiger charge is 2.52. The third kappa shape index (κ3) is 11.5. The average Bonchev–Trinajstić information content (AvgIpc) is 3.65. The van der Waals surface area contributed by atoms with Crippen molar-refractivity contribution in [2.45, 2.75) is 130 Å². The van der Waals surface area contributed by atoms with Crippen molar-refractivity contribution in [3.05, 3.63) is 0 Å². The number of ether oxygens (including phenoxy) is 2. The van der Waals surface area contributed by atoms with Crippen LogP contribution in [0.3, 0.4) is 0 Å². The number of methoxy groups -OCH3 is 2. The SMILES string of the molecule is CCC[C@H](NC(=O)[C@@H]1[C@H]2CCC[C@H]2CN1C(=O)[C@@H](NC(=O)[C@@H](NC(=O)[C@H](CNC(=O)OC)NC(=O)OC)C(C)(C)C)C(C)(C)C)C(=O)C(=O)NC1CC1. The van der Waals surface area contributed by atoms with Gasteiger partial charge in [0.15, 0.2) is 0 Å². The molecule has 0 radical (unpaired) electrons. The number of hydrogen-bond acceptors (Lipinski definition) is 10. The summed E-state index contributed by atoms with van der Waals surface area (Å²) in [6.07, 6.45) is 3.01. The molecule has 0 spiro atoms. The molecule has 3 fully saturated rings. The van der Waals surface area contributed by atoms with Gasteiger partial charge in [-0.05, 0) is 54.8 Å². The molecule has 2 saturated carbocycles. The summed E-state index contributed by atoms with van der Waals surface area (Å²) in [4.78, 5) is 107. The molecule has 0 unspecified atom stereocenters. The lowest BCUT2D eigenvalue weighted by atomic mass is 9.82. The number of hydrogen-bond donors (Lipinski definition) is 6. The van der Waals surface area contributed by atoms with Crippen LogP contribution in [0.4, 0.5) is 9.59 Å². The molecule has 3 rings (SSSR count). The molecule has 3 aliphatic rings. The molecule has 0 aromatic rings. The van der Waals surface area contributed by atoms with Crippen molar-refractivity contribution < 1.29 is 47.8 Å². The summed E-state index contributed by atoms with van der Waals surface area (Å²) in [5.74, 6) is -4.06. The standard InChI is InChI=1S/C36H59N7O10/c1-10-12-22(25(44)30(47)38-20-15-16-20)39-29(46)24-21-14-11-13-19(21)18-43(24)32(49)27(36(5,6)7)42-31(48)26(35(2,3)4)41-28(45)23(40-34(51)53-9)17-37-33(50)52-8/h19-24,26-27H,10-18H2,1-9H3,(H,37,50)(H,38,47)(H,39,46)(H,40,51)(H,41,45)(H,42,48)/t19-,21-,22-,23-,24-,26+,27+/m0/s1. The molecule has 1 heterocycles. The van der Waals surface area contributed by atoms with Crippen LogP contribution in [0.5, 0.6) is 0 Å². The number of carbonyl (C=O) groups excluding carboxylic acids is 8. The largest absolute Gasteiger partial charge is 0.453 e. The Hall–Kier alpha value is -4.44. The summed E-state index contributed by atoms with van der Waals surface area (Å²) in [5.41, 5.74) is -1.77. The predicted octanol–water partition coefficient (Wildman–Crippen LogP) is 0.889. The number of alkyl carbamates (subject to hydrolysis) is 2. The quantitative estimate of drug-likeness (QED) is 0.130. The maximum atomic E-state index is 14.6. The van der Waals surface area contributed by atoms with Gasteiger partial charge in [-0.15, -0.1) is 0 Å². The Morgan fingerprint density at radius 1 is 0.736 bits per heavy atom. The summed E-state index contributed by atoms with van der Waals surface area (Å²) in [6, 6.07) is -5.71. The molecule has 0 bridgehead atoms. The molecule has 7 atom stereocenters. The highest BCUT2D eigenvalue weighted by atomic mass is 16.5.